The molecule has 0 bridgehead atoms. The van der Waals surface area contributed by atoms with Crippen molar-refractivity contribution in [2.75, 3.05) is 23.3 Å². The van der Waals surface area contributed by atoms with E-state index in [0.29, 0.717) is 0 Å². The SMILES string of the molecule is Cc1ccc(/C=C/C(=O)Nc2ccc(N3CCCC3)cc2)cc1. The lowest BCUT2D eigenvalue weighted by Gasteiger charge is -2.17. The summed E-state index contributed by atoms with van der Waals surface area (Å²) in [7, 11) is 0. The van der Waals surface area contributed by atoms with Gasteiger partial charge in [-0.25, -0.2) is 0 Å². The fraction of sp³-hybridized carbons (Fsp3) is 0.250. The number of anilines is 2. The van der Waals surface area contributed by atoms with Crippen LogP contribution in [0, 0.1) is 6.92 Å². The Morgan fingerprint density at radius 1 is 1.00 bits per heavy atom. The van der Waals surface area contributed by atoms with Gasteiger partial charge in [-0.2, -0.15) is 0 Å². The third kappa shape index (κ3) is 4.22. The van der Waals surface area contributed by atoms with Gasteiger partial charge >= 0.3 is 0 Å². The topological polar surface area (TPSA) is 32.3 Å². The summed E-state index contributed by atoms with van der Waals surface area (Å²) < 4.78 is 0. The zero-order valence-electron chi connectivity index (χ0n) is 13.5. The highest BCUT2D eigenvalue weighted by Crippen LogP contribution is 2.22. The molecule has 0 atom stereocenters. The molecule has 0 saturated carbocycles. The van der Waals surface area contributed by atoms with Gasteiger partial charge in [-0.3, -0.25) is 4.79 Å². The Morgan fingerprint density at radius 3 is 2.30 bits per heavy atom. The smallest absolute Gasteiger partial charge is 0.248 e. The summed E-state index contributed by atoms with van der Waals surface area (Å²) in [6, 6.07) is 16.2. The molecule has 1 amide bonds. The first-order chi connectivity index (χ1) is 11.2. The molecule has 1 heterocycles. The fourth-order valence-corrected chi connectivity index (χ4v) is 2.76. The van der Waals surface area contributed by atoms with Crippen LogP contribution in [0.15, 0.2) is 54.6 Å². The van der Waals surface area contributed by atoms with E-state index in [1.54, 1.807) is 6.08 Å². The van der Waals surface area contributed by atoms with Crippen LogP contribution in [0.4, 0.5) is 11.4 Å². The van der Waals surface area contributed by atoms with Gasteiger partial charge in [-0.05, 0) is 55.7 Å². The van der Waals surface area contributed by atoms with Crippen LogP contribution in [0.5, 0.6) is 0 Å². The van der Waals surface area contributed by atoms with E-state index in [-0.39, 0.29) is 5.91 Å². The van der Waals surface area contributed by atoms with Crippen molar-refractivity contribution < 1.29 is 4.79 Å². The number of rotatable bonds is 4. The van der Waals surface area contributed by atoms with Gasteiger partial charge in [0.25, 0.3) is 0 Å². The summed E-state index contributed by atoms with van der Waals surface area (Å²) in [5.74, 6) is -0.112. The second-order valence-electron chi connectivity index (χ2n) is 5.97. The van der Waals surface area contributed by atoms with Crippen LogP contribution >= 0.6 is 0 Å². The molecular formula is C20H22N2O. The van der Waals surface area contributed by atoms with Crippen LogP contribution < -0.4 is 10.2 Å². The summed E-state index contributed by atoms with van der Waals surface area (Å²) >= 11 is 0. The first-order valence-corrected chi connectivity index (χ1v) is 8.11. The maximum Gasteiger partial charge on any atom is 0.248 e. The molecular weight excluding hydrogens is 284 g/mol. The van der Waals surface area contributed by atoms with E-state index in [9.17, 15) is 4.79 Å². The predicted molar refractivity (Wildman–Crippen MR) is 96.7 cm³/mol. The van der Waals surface area contributed by atoms with Gasteiger partial charge in [-0.15, -0.1) is 0 Å². The number of nitrogens with one attached hydrogen (secondary N) is 1. The highest BCUT2D eigenvalue weighted by molar-refractivity contribution is 6.02. The molecule has 1 N–H and O–H groups in total. The van der Waals surface area contributed by atoms with Gasteiger partial charge < -0.3 is 10.2 Å². The Morgan fingerprint density at radius 2 is 1.65 bits per heavy atom. The molecule has 0 unspecified atom stereocenters. The highest BCUT2D eigenvalue weighted by atomic mass is 16.1. The average Bonchev–Trinajstić information content (AvgIpc) is 3.09. The van der Waals surface area contributed by atoms with E-state index in [0.717, 1.165) is 24.3 Å². The van der Waals surface area contributed by atoms with Crippen LogP contribution in [0.25, 0.3) is 6.08 Å². The second kappa shape index (κ2) is 7.14. The van der Waals surface area contributed by atoms with Crippen molar-refractivity contribution in [1.82, 2.24) is 0 Å². The molecule has 2 aromatic carbocycles. The molecule has 0 spiro atoms. The number of carbonyl (C=O) groups is 1. The number of amides is 1. The molecule has 1 saturated heterocycles. The monoisotopic (exact) mass is 306 g/mol. The van der Waals surface area contributed by atoms with E-state index in [2.05, 4.69) is 22.3 Å². The van der Waals surface area contributed by atoms with Crippen LogP contribution in [-0.2, 0) is 4.79 Å². The van der Waals surface area contributed by atoms with Gasteiger partial charge in [0.1, 0.15) is 0 Å². The predicted octanol–water partition coefficient (Wildman–Crippen LogP) is 4.25. The number of aryl methyl sites for hydroxylation is 1. The van der Waals surface area contributed by atoms with Gasteiger partial charge in [-0.1, -0.05) is 29.8 Å². The summed E-state index contributed by atoms with van der Waals surface area (Å²) in [4.78, 5) is 14.4. The van der Waals surface area contributed by atoms with Gasteiger partial charge in [0.2, 0.25) is 5.91 Å². The lowest BCUT2D eigenvalue weighted by molar-refractivity contribution is -0.111. The van der Waals surface area contributed by atoms with Gasteiger partial charge in [0.05, 0.1) is 0 Å². The Hall–Kier alpha value is -2.55. The molecule has 3 heteroatoms. The first kappa shape index (κ1) is 15.3. The first-order valence-electron chi connectivity index (χ1n) is 8.11. The molecule has 0 aliphatic carbocycles. The van der Waals surface area contributed by atoms with Crippen LogP contribution in [0.3, 0.4) is 0 Å². The van der Waals surface area contributed by atoms with Crippen molar-refractivity contribution >= 4 is 23.4 Å². The minimum absolute atomic E-state index is 0.112. The number of benzene rings is 2. The quantitative estimate of drug-likeness (QED) is 0.857. The Kier molecular flexibility index (Phi) is 4.77. The minimum Gasteiger partial charge on any atom is -0.372 e. The highest BCUT2D eigenvalue weighted by Gasteiger charge is 2.11. The maximum atomic E-state index is 12.0. The van der Waals surface area contributed by atoms with E-state index in [4.69, 9.17) is 0 Å². The third-order valence-electron chi connectivity index (χ3n) is 4.11. The van der Waals surface area contributed by atoms with Crippen molar-refractivity contribution in [2.45, 2.75) is 19.8 Å². The van der Waals surface area contributed by atoms with Crippen molar-refractivity contribution in [1.29, 1.82) is 0 Å². The number of hydrogen-bond donors (Lipinski definition) is 1. The average molecular weight is 306 g/mol. The molecule has 3 nitrogen and oxygen atoms in total. The Labute approximate surface area is 137 Å². The minimum atomic E-state index is -0.112. The fourth-order valence-electron chi connectivity index (χ4n) is 2.76. The van der Waals surface area contributed by atoms with Crippen molar-refractivity contribution in [2.24, 2.45) is 0 Å². The largest absolute Gasteiger partial charge is 0.372 e. The maximum absolute atomic E-state index is 12.0. The number of hydrogen-bond acceptors (Lipinski definition) is 2. The van der Waals surface area contributed by atoms with E-state index >= 15 is 0 Å². The van der Waals surface area contributed by atoms with E-state index in [1.165, 1.54) is 24.1 Å². The van der Waals surface area contributed by atoms with Crippen molar-refractivity contribution in [3.8, 4) is 0 Å². The van der Waals surface area contributed by atoms with Crippen molar-refractivity contribution in [3.05, 3.63) is 65.7 Å². The summed E-state index contributed by atoms with van der Waals surface area (Å²) in [6.07, 6.45) is 5.93. The summed E-state index contributed by atoms with van der Waals surface area (Å²) in [5, 5.41) is 2.90. The standard InChI is InChI=1S/C20H22N2O/c1-16-4-6-17(7-5-16)8-13-20(23)21-18-9-11-19(12-10-18)22-14-2-3-15-22/h4-13H,2-3,14-15H2,1H3,(H,21,23)/b13-8+. The Balaban J connectivity index is 1.57. The summed E-state index contributed by atoms with van der Waals surface area (Å²) in [5.41, 5.74) is 4.29. The molecule has 2 aromatic rings. The van der Waals surface area contributed by atoms with E-state index < -0.39 is 0 Å². The van der Waals surface area contributed by atoms with Gasteiger partial charge in [0, 0.05) is 30.5 Å². The molecule has 1 aliphatic rings. The molecule has 1 aliphatic heterocycles. The van der Waals surface area contributed by atoms with Gasteiger partial charge in [0.15, 0.2) is 0 Å². The molecule has 1 fully saturated rings. The van der Waals surface area contributed by atoms with Crippen molar-refractivity contribution in [3.63, 3.8) is 0 Å². The molecule has 23 heavy (non-hydrogen) atoms. The van der Waals surface area contributed by atoms with Crippen LogP contribution in [-0.4, -0.2) is 19.0 Å². The normalized spacial score (nSPS) is 14.4. The lowest BCUT2D eigenvalue weighted by Crippen LogP contribution is -2.17. The molecule has 0 radical (unpaired) electrons. The number of nitrogens with zero attached hydrogens (tertiary/aromatic N) is 1. The number of carbonyl (C=O) groups excluding carboxylic acids is 1. The zero-order chi connectivity index (χ0) is 16.1. The second-order valence-corrected chi connectivity index (χ2v) is 5.97. The Bertz CT molecular complexity index is 681. The molecule has 0 aromatic heterocycles. The third-order valence-corrected chi connectivity index (χ3v) is 4.11. The summed E-state index contributed by atoms with van der Waals surface area (Å²) in [6.45, 7) is 4.31. The zero-order valence-corrected chi connectivity index (χ0v) is 13.5. The molecule has 118 valence electrons. The lowest BCUT2D eigenvalue weighted by atomic mass is 10.1. The molecule has 3 rings (SSSR count). The van der Waals surface area contributed by atoms with Crippen LogP contribution in [0.2, 0.25) is 0 Å². The van der Waals surface area contributed by atoms with E-state index in [1.807, 2.05) is 49.4 Å². The van der Waals surface area contributed by atoms with Crippen LogP contribution in [0.1, 0.15) is 24.0 Å².